The summed E-state index contributed by atoms with van der Waals surface area (Å²) in [6.07, 6.45) is 11.4. The molecule has 0 aliphatic heterocycles. The highest BCUT2D eigenvalue weighted by atomic mass is 32.2. The van der Waals surface area contributed by atoms with Gasteiger partial charge in [0.05, 0.1) is 17.6 Å². The number of aliphatic hydroxyl groups excluding tert-OH is 1. The smallest absolute Gasteiger partial charge is 0.303 e. The monoisotopic (exact) mass is 378 g/mol. The number of hydrogen-bond donors (Lipinski definition) is 2. The molecule has 2 N–H and O–H groups in total. The van der Waals surface area contributed by atoms with Crippen LogP contribution in [0.2, 0.25) is 0 Å². The lowest BCUT2D eigenvalue weighted by molar-refractivity contribution is -0.137. The van der Waals surface area contributed by atoms with Gasteiger partial charge in [0.2, 0.25) is 0 Å². The van der Waals surface area contributed by atoms with Gasteiger partial charge in [-0.25, -0.2) is 8.42 Å². The fraction of sp³-hybridized carbons (Fsp3) is 0.947. The minimum Gasteiger partial charge on any atom is -0.481 e. The van der Waals surface area contributed by atoms with Gasteiger partial charge < -0.3 is 10.2 Å². The maximum absolute atomic E-state index is 12.0. The second kappa shape index (κ2) is 15.6. The van der Waals surface area contributed by atoms with E-state index < -0.39 is 15.8 Å². The highest BCUT2D eigenvalue weighted by molar-refractivity contribution is 7.91. The minimum atomic E-state index is -2.96. The third-order valence-electron chi connectivity index (χ3n) is 4.48. The van der Waals surface area contributed by atoms with E-state index in [4.69, 9.17) is 5.11 Å². The minimum absolute atomic E-state index is 0.200. The van der Waals surface area contributed by atoms with Crippen LogP contribution in [0.1, 0.15) is 96.8 Å². The summed E-state index contributed by atoms with van der Waals surface area (Å²) in [6, 6.07) is 0. The molecule has 0 aromatic rings. The summed E-state index contributed by atoms with van der Waals surface area (Å²) in [5.41, 5.74) is 0. The van der Waals surface area contributed by atoms with Crippen molar-refractivity contribution in [2.45, 2.75) is 103 Å². The van der Waals surface area contributed by atoms with E-state index in [9.17, 15) is 18.3 Å². The van der Waals surface area contributed by atoms with Crippen molar-refractivity contribution < 1.29 is 23.4 Å². The Morgan fingerprint density at radius 2 is 1.28 bits per heavy atom. The fourth-order valence-electron chi connectivity index (χ4n) is 2.88. The SMILES string of the molecule is CCCCC[C@H](O)CCCCCS(=O)(=O)CCCCCCCC(=O)O. The van der Waals surface area contributed by atoms with E-state index in [0.717, 1.165) is 64.2 Å². The molecule has 0 heterocycles. The van der Waals surface area contributed by atoms with E-state index in [1.54, 1.807) is 0 Å². The second-order valence-corrected chi connectivity index (χ2v) is 9.37. The molecule has 150 valence electrons. The van der Waals surface area contributed by atoms with Crippen LogP contribution in [0.5, 0.6) is 0 Å². The summed E-state index contributed by atoms with van der Waals surface area (Å²) in [4.78, 5) is 10.4. The maximum atomic E-state index is 12.0. The molecule has 0 saturated heterocycles. The predicted octanol–water partition coefficient (Wildman–Crippen LogP) is 4.33. The van der Waals surface area contributed by atoms with Crippen molar-refractivity contribution in [1.29, 1.82) is 0 Å². The Balaban J connectivity index is 3.53. The molecule has 5 nitrogen and oxygen atoms in total. The van der Waals surface area contributed by atoms with Crippen molar-refractivity contribution in [2.75, 3.05) is 11.5 Å². The fourth-order valence-corrected chi connectivity index (χ4v) is 4.38. The first-order chi connectivity index (χ1) is 11.9. The van der Waals surface area contributed by atoms with Gasteiger partial charge in [-0.3, -0.25) is 4.79 Å². The van der Waals surface area contributed by atoms with Crippen molar-refractivity contribution in [3.8, 4) is 0 Å². The largest absolute Gasteiger partial charge is 0.481 e. The molecule has 6 heteroatoms. The molecule has 0 bridgehead atoms. The molecular weight excluding hydrogens is 340 g/mol. The average Bonchev–Trinajstić information content (AvgIpc) is 2.53. The summed E-state index contributed by atoms with van der Waals surface area (Å²) in [5, 5.41) is 18.3. The van der Waals surface area contributed by atoms with Crippen LogP contribution < -0.4 is 0 Å². The Kier molecular flexibility index (Phi) is 15.2. The van der Waals surface area contributed by atoms with Gasteiger partial charge in [-0.15, -0.1) is 0 Å². The molecule has 0 aliphatic rings. The molecule has 0 rings (SSSR count). The van der Waals surface area contributed by atoms with Gasteiger partial charge in [-0.1, -0.05) is 58.3 Å². The molecule has 0 amide bonds. The van der Waals surface area contributed by atoms with Crippen LogP contribution in [-0.2, 0) is 14.6 Å². The normalized spacial score (nSPS) is 13.0. The van der Waals surface area contributed by atoms with Crippen LogP contribution in [-0.4, -0.2) is 42.2 Å². The maximum Gasteiger partial charge on any atom is 0.303 e. The Morgan fingerprint density at radius 1 is 0.800 bits per heavy atom. The molecule has 25 heavy (non-hydrogen) atoms. The first kappa shape index (κ1) is 24.4. The molecule has 1 atom stereocenters. The van der Waals surface area contributed by atoms with Gasteiger partial charge in [0.15, 0.2) is 0 Å². The van der Waals surface area contributed by atoms with Crippen molar-refractivity contribution in [3.05, 3.63) is 0 Å². The van der Waals surface area contributed by atoms with Crippen molar-refractivity contribution in [1.82, 2.24) is 0 Å². The van der Waals surface area contributed by atoms with E-state index >= 15 is 0 Å². The standard InChI is InChI=1S/C19H38O5S/c1-2-3-8-13-18(20)14-9-7-12-17-25(23,24)16-11-6-4-5-10-15-19(21)22/h18,20H,2-17H2,1H3,(H,21,22)/t18-/m0/s1. The van der Waals surface area contributed by atoms with Gasteiger partial charge >= 0.3 is 5.97 Å². The van der Waals surface area contributed by atoms with E-state index in [1.807, 2.05) is 0 Å². The topological polar surface area (TPSA) is 91.7 Å². The zero-order chi connectivity index (χ0) is 19.0. The number of carboxylic acids is 1. The van der Waals surface area contributed by atoms with Crippen molar-refractivity contribution in [2.24, 2.45) is 0 Å². The van der Waals surface area contributed by atoms with Crippen LogP contribution in [0.15, 0.2) is 0 Å². The van der Waals surface area contributed by atoms with Crippen LogP contribution >= 0.6 is 0 Å². The van der Waals surface area contributed by atoms with Crippen LogP contribution in [0.4, 0.5) is 0 Å². The van der Waals surface area contributed by atoms with Crippen molar-refractivity contribution in [3.63, 3.8) is 0 Å². The number of rotatable bonds is 18. The Labute approximate surface area is 154 Å². The summed E-state index contributed by atoms with van der Waals surface area (Å²) >= 11 is 0. The molecule has 0 unspecified atom stereocenters. The Hall–Kier alpha value is -0.620. The molecule has 0 radical (unpaired) electrons. The number of sulfone groups is 1. The number of hydrogen-bond acceptors (Lipinski definition) is 4. The quantitative estimate of drug-likeness (QED) is 0.346. The van der Waals surface area contributed by atoms with E-state index in [1.165, 1.54) is 0 Å². The molecule has 0 aliphatic carbocycles. The molecular formula is C19H38O5S. The predicted molar refractivity (Wildman–Crippen MR) is 103 cm³/mol. The summed E-state index contributed by atoms with van der Waals surface area (Å²) in [7, 11) is -2.96. The van der Waals surface area contributed by atoms with E-state index in [0.29, 0.717) is 19.3 Å². The molecule has 0 saturated carbocycles. The molecule has 0 fully saturated rings. The van der Waals surface area contributed by atoms with E-state index in [-0.39, 0.29) is 24.0 Å². The average molecular weight is 379 g/mol. The third-order valence-corrected chi connectivity index (χ3v) is 6.30. The zero-order valence-corrected chi connectivity index (χ0v) is 16.7. The van der Waals surface area contributed by atoms with Crippen molar-refractivity contribution >= 4 is 15.8 Å². The van der Waals surface area contributed by atoms with E-state index in [2.05, 4.69) is 6.92 Å². The van der Waals surface area contributed by atoms with Gasteiger partial charge in [0.1, 0.15) is 9.84 Å². The van der Waals surface area contributed by atoms with Gasteiger partial charge in [0.25, 0.3) is 0 Å². The second-order valence-electron chi connectivity index (χ2n) is 7.06. The number of unbranched alkanes of at least 4 members (excludes halogenated alkanes) is 8. The lowest BCUT2D eigenvalue weighted by Gasteiger charge is -2.10. The van der Waals surface area contributed by atoms with Crippen LogP contribution in [0.25, 0.3) is 0 Å². The first-order valence-corrected chi connectivity index (χ1v) is 11.8. The number of carboxylic acid groups (broad SMARTS) is 1. The Bertz CT molecular complexity index is 420. The zero-order valence-electron chi connectivity index (χ0n) is 15.9. The highest BCUT2D eigenvalue weighted by Crippen LogP contribution is 2.12. The van der Waals surface area contributed by atoms with Gasteiger partial charge in [-0.2, -0.15) is 0 Å². The van der Waals surface area contributed by atoms with Crippen LogP contribution in [0.3, 0.4) is 0 Å². The lowest BCUT2D eigenvalue weighted by atomic mass is 10.0. The number of aliphatic hydroxyl groups is 1. The summed E-state index contributed by atoms with van der Waals surface area (Å²) < 4.78 is 23.9. The molecule has 0 aromatic heterocycles. The summed E-state index contributed by atoms with van der Waals surface area (Å²) in [6.45, 7) is 2.15. The number of aliphatic carboxylic acids is 1. The highest BCUT2D eigenvalue weighted by Gasteiger charge is 2.10. The third kappa shape index (κ3) is 18.0. The Morgan fingerprint density at radius 3 is 1.84 bits per heavy atom. The molecule has 0 spiro atoms. The summed E-state index contributed by atoms with van der Waals surface area (Å²) in [5.74, 6) is -0.278. The lowest BCUT2D eigenvalue weighted by Crippen LogP contribution is -2.11. The van der Waals surface area contributed by atoms with Gasteiger partial charge in [-0.05, 0) is 32.1 Å². The van der Waals surface area contributed by atoms with Gasteiger partial charge in [0, 0.05) is 6.42 Å². The molecule has 0 aromatic carbocycles. The number of carbonyl (C=O) groups is 1. The van der Waals surface area contributed by atoms with Crippen LogP contribution in [0, 0.1) is 0 Å². The first-order valence-electron chi connectivity index (χ1n) is 9.97.